The number of anilines is 1. The van der Waals surface area contributed by atoms with Crippen LogP contribution in [0.2, 0.25) is 0 Å². The average Bonchev–Trinajstić information content (AvgIpc) is 2.30. The van der Waals surface area contributed by atoms with Gasteiger partial charge in [0.1, 0.15) is 5.75 Å². The zero-order valence-electron chi connectivity index (χ0n) is 10.2. The summed E-state index contributed by atoms with van der Waals surface area (Å²) in [7, 11) is 0. The van der Waals surface area contributed by atoms with Crippen LogP contribution in [-0.2, 0) is 9.59 Å². The molecular formula is C12H17N3O3. The lowest BCUT2D eigenvalue weighted by Gasteiger charge is -2.13. The molecule has 0 aliphatic rings. The SMILES string of the molecule is C[C@H](N)C(=O)Nc1ccccc1OCCC(N)=O. The Balaban J connectivity index is 2.67. The van der Waals surface area contributed by atoms with E-state index in [1.54, 1.807) is 31.2 Å². The Morgan fingerprint density at radius 3 is 2.67 bits per heavy atom. The second-order valence-corrected chi connectivity index (χ2v) is 3.84. The van der Waals surface area contributed by atoms with E-state index in [9.17, 15) is 9.59 Å². The molecule has 18 heavy (non-hydrogen) atoms. The monoisotopic (exact) mass is 251 g/mol. The van der Waals surface area contributed by atoms with Gasteiger partial charge in [-0.1, -0.05) is 12.1 Å². The van der Waals surface area contributed by atoms with Gasteiger partial charge in [0, 0.05) is 0 Å². The fourth-order valence-corrected chi connectivity index (χ4v) is 1.20. The van der Waals surface area contributed by atoms with Crippen LogP contribution in [0.25, 0.3) is 0 Å². The lowest BCUT2D eigenvalue weighted by Crippen LogP contribution is -2.32. The van der Waals surface area contributed by atoms with E-state index in [-0.39, 0.29) is 18.9 Å². The van der Waals surface area contributed by atoms with Crippen molar-refractivity contribution in [2.75, 3.05) is 11.9 Å². The molecule has 0 aliphatic carbocycles. The number of nitrogens with one attached hydrogen (secondary N) is 1. The third kappa shape index (κ3) is 4.42. The zero-order valence-corrected chi connectivity index (χ0v) is 10.2. The van der Waals surface area contributed by atoms with Crippen molar-refractivity contribution in [3.05, 3.63) is 24.3 Å². The quantitative estimate of drug-likeness (QED) is 0.672. The molecule has 0 spiro atoms. The van der Waals surface area contributed by atoms with Crippen molar-refractivity contribution in [3.8, 4) is 5.75 Å². The van der Waals surface area contributed by atoms with Crippen LogP contribution in [0.15, 0.2) is 24.3 Å². The normalized spacial score (nSPS) is 11.7. The van der Waals surface area contributed by atoms with E-state index in [0.717, 1.165) is 0 Å². The molecule has 0 unspecified atom stereocenters. The van der Waals surface area contributed by atoms with Gasteiger partial charge in [0.15, 0.2) is 0 Å². The van der Waals surface area contributed by atoms with Gasteiger partial charge in [-0.2, -0.15) is 0 Å². The van der Waals surface area contributed by atoms with Crippen LogP contribution in [-0.4, -0.2) is 24.5 Å². The van der Waals surface area contributed by atoms with E-state index >= 15 is 0 Å². The predicted octanol–water partition coefficient (Wildman–Crippen LogP) is 0.226. The van der Waals surface area contributed by atoms with E-state index < -0.39 is 11.9 Å². The van der Waals surface area contributed by atoms with Gasteiger partial charge in [0.05, 0.1) is 24.8 Å². The van der Waals surface area contributed by atoms with E-state index in [1.807, 2.05) is 0 Å². The lowest BCUT2D eigenvalue weighted by molar-refractivity contribution is -0.118. The highest BCUT2D eigenvalue weighted by molar-refractivity contribution is 5.95. The van der Waals surface area contributed by atoms with Crippen molar-refractivity contribution in [1.82, 2.24) is 0 Å². The molecule has 0 radical (unpaired) electrons. The summed E-state index contributed by atoms with van der Waals surface area (Å²) in [5.74, 6) is -0.263. The number of carbonyl (C=O) groups excluding carboxylic acids is 2. The number of hydrogen-bond donors (Lipinski definition) is 3. The van der Waals surface area contributed by atoms with E-state index in [4.69, 9.17) is 16.2 Å². The first kappa shape index (κ1) is 14.0. The van der Waals surface area contributed by atoms with Crippen LogP contribution in [0.1, 0.15) is 13.3 Å². The van der Waals surface area contributed by atoms with E-state index in [0.29, 0.717) is 11.4 Å². The summed E-state index contributed by atoms with van der Waals surface area (Å²) in [5, 5.41) is 2.64. The Morgan fingerprint density at radius 1 is 1.39 bits per heavy atom. The third-order valence-electron chi connectivity index (χ3n) is 2.16. The molecule has 0 heterocycles. The number of benzene rings is 1. The Hall–Kier alpha value is -2.08. The van der Waals surface area contributed by atoms with Crippen LogP contribution >= 0.6 is 0 Å². The van der Waals surface area contributed by atoms with Gasteiger partial charge < -0.3 is 21.5 Å². The second-order valence-electron chi connectivity index (χ2n) is 3.84. The number of primary amides is 1. The molecule has 0 saturated carbocycles. The summed E-state index contributed by atoms with van der Waals surface area (Å²) in [6.07, 6.45) is 0.121. The van der Waals surface area contributed by atoms with Crippen LogP contribution < -0.4 is 21.5 Å². The van der Waals surface area contributed by atoms with Crippen LogP contribution in [0.3, 0.4) is 0 Å². The van der Waals surface area contributed by atoms with Gasteiger partial charge in [-0.25, -0.2) is 0 Å². The zero-order chi connectivity index (χ0) is 13.5. The van der Waals surface area contributed by atoms with Gasteiger partial charge in [0.25, 0.3) is 0 Å². The molecule has 2 amide bonds. The first-order chi connectivity index (χ1) is 8.50. The molecule has 1 aromatic rings. The topological polar surface area (TPSA) is 107 Å². The fourth-order valence-electron chi connectivity index (χ4n) is 1.20. The van der Waals surface area contributed by atoms with Crippen molar-refractivity contribution in [2.45, 2.75) is 19.4 Å². The number of rotatable bonds is 6. The molecule has 6 heteroatoms. The van der Waals surface area contributed by atoms with Crippen LogP contribution in [0, 0.1) is 0 Å². The fraction of sp³-hybridized carbons (Fsp3) is 0.333. The maximum Gasteiger partial charge on any atom is 0.241 e. The molecule has 0 fully saturated rings. The van der Waals surface area contributed by atoms with Crippen LogP contribution in [0.4, 0.5) is 5.69 Å². The van der Waals surface area contributed by atoms with Crippen LogP contribution in [0.5, 0.6) is 5.75 Å². The highest BCUT2D eigenvalue weighted by Crippen LogP contribution is 2.23. The van der Waals surface area contributed by atoms with Gasteiger partial charge in [-0.05, 0) is 19.1 Å². The largest absolute Gasteiger partial charge is 0.491 e. The molecule has 6 nitrogen and oxygen atoms in total. The molecule has 5 N–H and O–H groups in total. The van der Waals surface area contributed by atoms with Crippen molar-refractivity contribution in [3.63, 3.8) is 0 Å². The van der Waals surface area contributed by atoms with Gasteiger partial charge in [0.2, 0.25) is 11.8 Å². The molecule has 0 saturated heterocycles. The molecule has 1 aromatic carbocycles. The Bertz CT molecular complexity index is 432. The second kappa shape index (κ2) is 6.61. The summed E-state index contributed by atoms with van der Waals surface area (Å²) in [6.45, 7) is 1.76. The highest BCUT2D eigenvalue weighted by atomic mass is 16.5. The summed E-state index contributed by atoms with van der Waals surface area (Å²) < 4.78 is 5.37. The summed E-state index contributed by atoms with van der Waals surface area (Å²) in [5.41, 5.74) is 11.0. The standard InChI is InChI=1S/C12H17N3O3/c1-8(13)12(17)15-9-4-2-3-5-10(9)18-7-6-11(14)16/h2-5,8H,6-7,13H2,1H3,(H2,14,16)(H,15,17)/t8-/m0/s1. The number of amides is 2. The van der Waals surface area contributed by atoms with E-state index in [1.165, 1.54) is 0 Å². The number of nitrogens with two attached hydrogens (primary N) is 2. The number of carbonyl (C=O) groups is 2. The highest BCUT2D eigenvalue weighted by Gasteiger charge is 2.10. The van der Waals surface area contributed by atoms with Crippen molar-refractivity contribution in [1.29, 1.82) is 0 Å². The first-order valence-electron chi connectivity index (χ1n) is 5.57. The molecule has 0 aromatic heterocycles. The van der Waals surface area contributed by atoms with Gasteiger partial charge >= 0.3 is 0 Å². The first-order valence-corrected chi connectivity index (χ1v) is 5.57. The van der Waals surface area contributed by atoms with E-state index in [2.05, 4.69) is 5.32 Å². The molecule has 1 rings (SSSR count). The Kier molecular flexibility index (Phi) is 5.13. The minimum absolute atomic E-state index is 0.121. The minimum Gasteiger partial charge on any atom is -0.491 e. The Labute approximate surface area is 105 Å². The summed E-state index contributed by atoms with van der Waals surface area (Å²) >= 11 is 0. The maximum absolute atomic E-state index is 11.5. The Morgan fingerprint density at radius 2 is 2.06 bits per heavy atom. The van der Waals surface area contributed by atoms with Crippen molar-refractivity contribution in [2.24, 2.45) is 11.5 Å². The molecular weight excluding hydrogens is 234 g/mol. The van der Waals surface area contributed by atoms with Crippen molar-refractivity contribution < 1.29 is 14.3 Å². The smallest absolute Gasteiger partial charge is 0.241 e. The average molecular weight is 251 g/mol. The third-order valence-corrected chi connectivity index (χ3v) is 2.16. The summed E-state index contributed by atoms with van der Waals surface area (Å²) in [4.78, 5) is 22.1. The minimum atomic E-state index is -0.608. The maximum atomic E-state index is 11.5. The number of para-hydroxylation sites is 2. The van der Waals surface area contributed by atoms with Gasteiger partial charge in [-0.15, -0.1) is 0 Å². The summed E-state index contributed by atoms with van der Waals surface area (Å²) in [6, 6.07) is 6.31. The van der Waals surface area contributed by atoms with Gasteiger partial charge in [-0.3, -0.25) is 9.59 Å². The van der Waals surface area contributed by atoms with Crippen molar-refractivity contribution >= 4 is 17.5 Å². The predicted molar refractivity (Wildman–Crippen MR) is 68.0 cm³/mol. The molecule has 98 valence electrons. The number of hydrogen-bond acceptors (Lipinski definition) is 4. The lowest BCUT2D eigenvalue weighted by atomic mass is 10.2. The number of ether oxygens (including phenoxy) is 1. The molecule has 1 atom stereocenters. The molecule has 0 bridgehead atoms. The molecule has 0 aliphatic heterocycles.